The normalized spacial score (nSPS) is 20.1. The molecule has 0 aliphatic carbocycles. The molecule has 2 aliphatic heterocycles. The number of aromatic nitrogens is 2. The van der Waals surface area contributed by atoms with Gasteiger partial charge in [0.25, 0.3) is 5.91 Å². The molecule has 0 radical (unpaired) electrons. The maximum absolute atomic E-state index is 12.7. The number of piperidine rings is 1. The second-order valence-corrected chi connectivity index (χ2v) is 7.27. The Morgan fingerprint density at radius 3 is 2.83 bits per heavy atom. The number of hydrogen-bond acceptors (Lipinski definition) is 5. The molecule has 0 saturated carbocycles. The molecule has 1 aromatic heterocycles. The van der Waals surface area contributed by atoms with Gasteiger partial charge in [0.1, 0.15) is 17.2 Å². The van der Waals surface area contributed by atoms with Gasteiger partial charge < -0.3 is 29.6 Å². The number of imidazole rings is 1. The lowest BCUT2D eigenvalue weighted by atomic mass is 9.88. The van der Waals surface area contributed by atoms with E-state index in [0.29, 0.717) is 43.9 Å². The van der Waals surface area contributed by atoms with Crippen molar-refractivity contribution in [2.45, 2.75) is 31.1 Å². The third-order valence-corrected chi connectivity index (χ3v) is 5.57. The number of nitrogens with one attached hydrogen (secondary N) is 2. The maximum Gasteiger partial charge on any atom is 0.321 e. The van der Waals surface area contributed by atoms with E-state index < -0.39 is 11.7 Å². The second-order valence-electron chi connectivity index (χ2n) is 7.27. The van der Waals surface area contributed by atoms with Gasteiger partial charge in [-0.2, -0.15) is 0 Å². The molecule has 9 heteroatoms. The first-order valence-electron chi connectivity index (χ1n) is 9.66. The van der Waals surface area contributed by atoms with Gasteiger partial charge in [-0.3, -0.25) is 4.79 Å². The topological polar surface area (TPSA) is 97.7 Å². The highest BCUT2D eigenvalue weighted by Gasteiger charge is 2.47. The summed E-state index contributed by atoms with van der Waals surface area (Å²) in [6.45, 7) is 1.45. The minimum Gasteiger partial charge on any atom is -0.497 e. The second kappa shape index (κ2) is 7.75. The maximum atomic E-state index is 12.7. The quantitative estimate of drug-likeness (QED) is 0.816. The van der Waals surface area contributed by atoms with Crippen LogP contribution in [0.1, 0.15) is 18.7 Å². The molecule has 29 heavy (non-hydrogen) atoms. The van der Waals surface area contributed by atoms with Crippen LogP contribution in [0.5, 0.6) is 5.75 Å². The molecular weight excluding hydrogens is 374 g/mol. The van der Waals surface area contributed by atoms with Crippen molar-refractivity contribution in [1.82, 2.24) is 19.8 Å². The first kappa shape index (κ1) is 19.3. The van der Waals surface area contributed by atoms with Crippen LogP contribution in [0.2, 0.25) is 0 Å². The minimum absolute atomic E-state index is 0.151. The van der Waals surface area contributed by atoms with E-state index in [2.05, 4.69) is 15.6 Å². The van der Waals surface area contributed by atoms with Crippen LogP contribution in [0, 0.1) is 0 Å². The molecular formula is C20H25N5O4. The van der Waals surface area contributed by atoms with E-state index in [1.54, 1.807) is 31.3 Å². The summed E-state index contributed by atoms with van der Waals surface area (Å²) >= 11 is 0. The molecule has 2 N–H and O–H groups in total. The largest absolute Gasteiger partial charge is 0.497 e. The van der Waals surface area contributed by atoms with E-state index in [0.717, 1.165) is 5.82 Å². The van der Waals surface area contributed by atoms with Crippen molar-refractivity contribution in [3.63, 3.8) is 0 Å². The van der Waals surface area contributed by atoms with Crippen molar-refractivity contribution < 1.29 is 19.1 Å². The summed E-state index contributed by atoms with van der Waals surface area (Å²) in [6.07, 6.45) is 4.18. The highest BCUT2D eigenvalue weighted by atomic mass is 16.5. The summed E-state index contributed by atoms with van der Waals surface area (Å²) < 4.78 is 13.4. The lowest BCUT2D eigenvalue weighted by Crippen LogP contribution is -2.54. The summed E-state index contributed by atoms with van der Waals surface area (Å²) in [5, 5.41) is 5.57. The number of rotatable bonds is 3. The molecule has 1 saturated heterocycles. The zero-order valence-corrected chi connectivity index (χ0v) is 16.6. The van der Waals surface area contributed by atoms with Gasteiger partial charge in [-0.1, -0.05) is 6.07 Å². The van der Waals surface area contributed by atoms with Gasteiger partial charge in [-0.25, -0.2) is 9.78 Å². The molecule has 3 heterocycles. The fourth-order valence-corrected chi connectivity index (χ4v) is 4.01. The number of urea groups is 1. The molecule has 1 unspecified atom stereocenters. The summed E-state index contributed by atoms with van der Waals surface area (Å²) in [7, 11) is 3.19. The number of likely N-dealkylation sites (N-methyl/N-ethyl adjacent to an activating group) is 1. The lowest BCUT2D eigenvalue weighted by molar-refractivity contribution is -0.171. The zero-order chi connectivity index (χ0) is 20.4. The van der Waals surface area contributed by atoms with E-state index in [-0.39, 0.29) is 11.9 Å². The van der Waals surface area contributed by atoms with E-state index in [1.165, 1.54) is 0 Å². The standard InChI is InChI=1S/C20H25N5O4/c1-21-17(26)16-13-25-11-8-22-18(25)20(29-16)6-9-24(10-7-20)19(27)23-14-4-3-5-15(12-14)28-2/h3-5,8,11-12,16H,6-7,9-10,13H2,1-2H3,(H,21,26)(H,23,27). The van der Waals surface area contributed by atoms with Crippen molar-refractivity contribution in [2.75, 3.05) is 32.6 Å². The Morgan fingerprint density at radius 1 is 1.31 bits per heavy atom. The molecule has 0 bridgehead atoms. The number of hydrogen-bond donors (Lipinski definition) is 2. The predicted molar refractivity (Wildman–Crippen MR) is 106 cm³/mol. The number of anilines is 1. The van der Waals surface area contributed by atoms with Crippen LogP contribution in [0.3, 0.4) is 0 Å². The van der Waals surface area contributed by atoms with Crippen LogP contribution in [0.4, 0.5) is 10.5 Å². The number of nitrogens with zero attached hydrogens (tertiary/aromatic N) is 3. The molecule has 2 aromatic rings. The Morgan fingerprint density at radius 2 is 2.10 bits per heavy atom. The van der Waals surface area contributed by atoms with Gasteiger partial charge in [0.15, 0.2) is 6.10 Å². The molecule has 1 spiro atoms. The number of ether oxygens (including phenoxy) is 2. The molecule has 4 rings (SSSR count). The highest BCUT2D eigenvalue weighted by molar-refractivity contribution is 5.89. The van der Waals surface area contributed by atoms with Crippen LogP contribution < -0.4 is 15.4 Å². The predicted octanol–water partition coefficient (Wildman–Crippen LogP) is 1.56. The van der Waals surface area contributed by atoms with E-state index >= 15 is 0 Å². The third-order valence-electron chi connectivity index (χ3n) is 5.57. The molecule has 1 aromatic carbocycles. The van der Waals surface area contributed by atoms with Crippen molar-refractivity contribution in [1.29, 1.82) is 0 Å². The van der Waals surface area contributed by atoms with E-state index in [9.17, 15) is 9.59 Å². The van der Waals surface area contributed by atoms with Crippen molar-refractivity contribution >= 4 is 17.6 Å². The highest BCUT2D eigenvalue weighted by Crippen LogP contribution is 2.40. The van der Waals surface area contributed by atoms with Gasteiger partial charge in [0, 0.05) is 57.1 Å². The van der Waals surface area contributed by atoms with Crippen molar-refractivity contribution in [3.8, 4) is 5.75 Å². The monoisotopic (exact) mass is 399 g/mol. The lowest BCUT2D eigenvalue weighted by Gasteiger charge is -2.45. The Hall–Kier alpha value is -3.07. The Labute approximate surface area is 169 Å². The molecule has 2 aliphatic rings. The minimum atomic E-state index is -0.661. The molecule has 3 amide bonds. The first-order chi connectivity index (χ1) is 14.0. The molecule has 9 nitrogen and oxygen atoms in total. The number of likely N-dealkylation sites (tertiary alicyclic amines) is 1. The Bertz CT molecular complexity index is 904. The van der Waals surface area contributed by atoms with Gasteiger partial charge in [0.05, 0.1) is 13.7 Å². The third kappa shape index (κ3) is 3.65. The van der Waals surface area contributed by atoms with Gasteiger partial charge in [-0.15, -0.1) is 0 Å². The van der Waals surface area contributed by atoms with E-state index in [1.807, 2.05) is 29.0 Å². The number of methoxy groups -OCH3 is 1. The van der Waals surface area contributed by atoms with Gasteiger partial charge in [-0.05, 0) is 12.1 Å². The molecule has 1 fully saturated rings. The summed E-state index contributed by atoms with van der Waals surface area (Å²) in [5.41, 5.74) is 0.0184. The summed E-state index contributed by atoms with van der Waals surface area (Å²) in [4.78, 5) is 31.1. The van der Waals surface area contributed by atoms with Crippen LogP contribution >= 0.6 is 0 Å². The number of benzene rings is 1. The zero-order valence-electron chi connectivity index (χ0n) is 16.6. The molecule has 1 atom stereocenters. The number of carbonyl (C=O) groups excluding carboxylic acids is 2. The average molecular weight is 399 g/mol. The van der Waals surface area contributed by atoms with Crippen molar-refractivity contribution in [2.24, 2.45) is 0 Å². The van der Waals surface area contributed by atoms with Crippen LogP contribution in [-0.4, -0.2) is 59.7 Å². The fraction of sp³-hybridized carbons (Fsp3) is 0.450. The van der Waals surface area contributed by atoms with Crippen LogP contribution in [0.15, 0.2) is 36.7 Å². The average Bonchev–Trinajstić information content (AvgIpc) is 3.23. The fourth-order valence-electron chi connectivity index (χ4n) is 4.01. The Balaban J connectivity index is 1.45. The Kier molecular flexibility index (Phi) is 5.14. The number of carbonyl (C=O) groups is 2. The summed E-state index contributed by atoms with van der Waals surface area (Å²) in [5.74, 6) is 1.36. The van der Waals surface area contributed by atoms with E-state index in [4.69, 9.17) is 9.47 Å². The first-order valence-corrected chi connectivity index (χ1v) is 9.66. The van der Waals surface area contributed by atoms with Crippen LogP contribution in [0.25, 0.3) is 0 Å². The number of amides is 3. The SMILES string of the molecule is CNC(=O)C1Cn2ccnc2C2(CCN(C(=O)Nc3cccc(OC)c3)CC2)O1. The van der Waals surface area contributed by atoms with Gasteiger partial charge >= 0.3 is 6.03 Å². The summed E-state index contributed by atoms with van der Waals surface area (Å²) in [6, 6.07) is 7.08. The number of fused-ring (bicyclic) bond motifs is 2. The van der Waals surface area contributed by atoms with Gasteiger partial charge in [0.2, 0.25) is 0 Å². The smallest absolute Gasteiger partial charge is 0.321 e. The van der Waals surface area contributed by atoms with Crippen molar-refractivity contribution in [3.05, 3.63) is 42.5 Å². The van der Waals surface area contributed by atoms with Crippen LogP contribution in [-0.2, 0) is 21.7 Å². The molecule has 154 valence electrons.